The summed E-state index contributed by atoms with van der Waals surface area (Å²) < 4.78 is 5.43. The number of nitrogens with one attached hydrogen (secondary N) is 1. The monoisotopic (exact) mass is 291 g/mol. The minimum absolute atomic E-state index is 0.122. The lowest BCUT2D eigenvalue weighted by atomic mass is 10.1. The Balaban J connectivity index is 2.01. The zero-order valence-electron chi connectivity index (χ0n) is 12.9. The SMILES string of the molecule is CN(C)CCN(C(=O)CC1COCCN1)c1ccccc1. The molecule has 0 radical (unpaired) electrons. The van der Waals surface area contributed by atoms with Gasteiger partial charge in [-0.05, 0) is 26.2 Å². The molecule has 5 heteroatoms. The highest BCUT2D eigenvalue weighted by molar-refractivity contribution is 5.93. The van der Waals surface area contributed by atoms with E-state index in [1.807, 2.05) is 49.3 Å². The van der Waals surface area contributed by atoms with E-state index in [1.54, 1.807) is 0 Å². The minimum Gasteiger partial charge on any atom is -0.378 e. The number of hydrogen-bond donors (Lipinski definition) is 1. The zero-order valence-corrected chi connectivity index (χ0v) is 12.9. The Kier molecular flexibility index (Phi) is 6.17. The molecule has 5 nitrogen and oxygen atoms in total. The normalized spacial score (nSPS) is 18.7. The molecule has 0 aromatic heterocycles. The van der Waals surface area contributed by atoms with Crippen LogP contribution in [0.1, 0.15) is 6.42 Å². The lowest BCUT2D eigenvalue weighted by molar-refractivity contribution is -0.119. The Hall–Kier alpha value is -1.43. The third kappa shape index (κ3) is 5.12. The number of benzene rings is 1. The minimum atomic E-state index is 0.122. The van der Waals surface area contributed by atoms with Crippen LogP contribution in [0, 0.1) is 0 Å². The molecule has 0 saturated carbocycles. The molecular weight excluding hydrogens is 266 g/mol. The van der Waals surface area contributed by atoms with Crippen molar-refractivity contribution < 1.29 is 9.53 Å². The Morgan fingerprint density at radius 1 is 1.29 bits per heavy atom. The highest BCUT2D eigenvalue weighted by Gasteiger charge is 2.22. The van der Waals surface area contributed by atoms with Crippen molar-refractivity contribution in [2.24, 2.45) is 0 Å². The maximum absolute atomic E-state index is 12.6. The molecule has 1 atom stereocenters. The molecule has 116 valence electrons. The van der Waals surface area contributed by atoms with Crippen LogP contribution >= 0.6 is 0 Å². The first kappa shape index (κ1) is 15.9. The number of hydrogen-bond acceptors (Lipinski definition) is 4. The van der Waals surface area contributed by atoms with E-state index in [1.165, 1.54) is 0 Å². The Bertz CT molecular complexity index is 430. The molecule has 21 heavy (non-hydrogen) atoms. The number of ether oxygens (including phenoxy) is 1. The largest absolute Gasteiger partial charge is 0.378 e. The number of rotatable bonds is 6. The molecule has 0 aliphatic carbocycles. The average Bonchev–Trinajstić information content (AvgIpc) is 2.49. The number of morpholine rings is 1. The predicted octanol–water partition coefficient (Wildman–Crippen LogP) is 0.960. The van der Waals surface area contributed by atoms with Crippen LogP contribution in [0.15, 0.2) is 30.3 Å². The lowest BCUT2D eigenvalue weighted by Gasteiger charge is -2.28. The summed E-state index contributed by atoms with van der Waals surface area (Å²) in [6.45, 7) is 3.70. The van der Waals surface area contributed by atoms with Crippen molar-refractivity contribution in [1.82, 2.24) is 10.2 Å². The number of nitrogens with zero attached hydrogens (tertiary/aromatic N) is 2. The van der Waals surface area contributed by atoms with Gasteiger partial charge in [-0.1, -0.05) is 18.2 Å². The van der Waals surface area contributed by atoms with Crippen molar-refractivity contribution in [2.45, 2.75) is 12.5 Å². The lowest BCUT2D eigenvalue weighted by Crippen LogP contribution is -2.46. The van der Waals surface area contributed by atoms with Gasteiger partial charge in [0.2, 0.25) is 5.91 Å². The molecule has 0 spiro atoms. The van der Waals surface area contributed by atoms with Gasteiger partial charge in [-0.3, -0.25) is 4.79 Å². The molecule has 1 fully saturated rings. The fourth-order valence-electron chi connectivity index (χ4n) is 2.38. The zero-order chi connectivity index (χ0) is 15.1. The molecule has 0 bridgehead atoms. The Morgan fingerprint density at radius 2 is 2.05 bits per heavy atom. The van der Waals surface area contributed by atoms with E-state index in [0.29, 0.717) is 19.6 Å². The number of para-hydroxylation sites is 1. The van der Waals surface area contributed by atoms with Gasteiger partial charge in [0.15, 0.2) is 0 Å². The van der Waals surface area contributed by atoms with E-state index in [4.69, 9.17) is 4.74 Å². The third-order valence-electron chi connectivity index (χ3n) is 3.56. The summed E-state index contributed by atoms with van der Waals surface area (Å²) in [6, 6.07) is 9.99. The standard InChI is InChI=1S/C16H25N3O2/c1-18(2)9-10-19(15-6-4-3-5-7-15)16(20)12-14-13-21-11-8-17-14/h3-7,14,17H,8-13H2,1-2H3. The topological polar surface area (TPSA) is 44.8 Å². The van der Waals surface area contributed by atoms with Gasteiger partial charge >= 0.3 is 0 Å². The van der Waals surface area contributed by atoms with E-state index in [0.717, 1.165) is 25.4 Å². The molecular formula is C16H25N3O2. The van der Waals surface area contributed by atoms with E-state index >= 15 is 0 Å². The summed E-state index contributed by atoms with van der Waals surface area (Å²) >= 11 is 0. The van der Waals surface area contributed by atoms with Crippen LogP contribution in [-0.2, 0) is 9.53 Å². The third-order valence-corrected chi connectivity index (χ3v) is 3.56. The van der Waals surface area contributed by atoms with Crippen LogP contribution in [0.2, 0.25) is 0 Å². The van der Waals surface area contributed by atoms with E-state index in [2.05, 4.69) is 10.2 Å². The first-order valence-electron chi connectivity index (χ1n) is 7.48. The van der Waals surface area contributed by atoms with Crippen LogP contribution < -0.4 is 10.2 Å². The number of carbonyl (C=O) groups is 1. The first-order chi connectivity index (χ1) is 10.2. The summed E-state index contributed by atoms with van der Waals surface area (Å²) in [6.07, 6.45) is 0.475. The first-order valence-corrected chi connectivity index (χ1v) is 7.48. The van der Waals surface area contributed by atoms with Gasteiger partial charge in [0, 0.05) is 37.8 Å². The van der Waals surface area contributed by atoms with E-state index in [-0.39, 0.29) is 11.9 Å². The van der Waals surface area contributed by atoms with Crippen molar-refractivity contribution in [3.63, 3.8) is 0 Å². The highest BCUT2D eigenvalue weighted by atomic mass is 16.5. The van der Waals surface area contributed by atoms with Gasteiger partial charge in [0.1, 0.15) is 0 Å². The number of anilines is 1. The second kappa shape index (κ2) is 8.12. The summed E-state index contributed by atoms with van der Waals surface area (Å²) in [5, 5.41) is 3.34. The summed E-state index contributed by atoms with van der Waals surface area (Å²) in [5.41, 5.74) is 0.959. The van der Waals surface area contributed by atoms with Crippen molar-refractivity contribution >= 4 is 11.6 Å². The maximum atomic E-state index is 12.6. The summed E-state index contributed by atoms with van der Waals surface area (Å²) in [5.74, 6) is 0.144. The molecule has 1 aromatic carbocycles. The number of carbonyl (C=O) groups excluding carboxylic acids is 1. The van der Waals surface area contributed by atoms with Crippen LogP contribution in [0.5, 0.6) is 0 Å². The van der Waals surface area contributed by atoms with E-state index < -0.39 is 0 Å². The fourth-order valence-corrected chi connectivity index (χ4v) is 2.38. The van der Waals surface area contributed by atoms with Crippen LogP contribution in [-0.4, -0.2) is 63.8 Å². The van der Waals surface area contributed by atoms with Crippen LogP contribution in [0.25, 0.3) is 0 Å². The second-order valence-electron chi connectivity index (χ2n) is 5.61. The van der Waals surface area contributed by atoms with Gasteiger partial charge in [0.25, 0.3) is 0 Å². The molecule has 2 rings (SSSR count). The molecule has 1 unspecified atom stereocenters. The Labute approximate surface area is 126 Å². The summed E-state index contributed by atoms with van der Waals surface area (Å²) in [7, 11) is 4.04. The quantitative estimate of drug-likeness (QED) is 0.848. The van der Waals surface area contributed by atoms with Gasteiger partial charge < -0.3 is 19.9 Å². The molecule has 1 N–H and O–H groups in total. The number of likely N-dealkylation sites (N-methyl/N-ethyl adjacent to an activating group) is 1. The molecule has 1 saturated heterocycles. The van der Waals surface area contributed by atoms with Gasteiger partial charge in [0.05, 0.1) is 13.2 Å². The van der Waals surface area contributed by atoms with Crippen molar-refractivity contribution in [3.8, 4) is 0 Å². The Morgan fingerprint density at radius 3 is 2.67 bits per heavy atom. The highest BCUT2D eigenvalue weighted by Crippen LogP contribution is 2.15. The van der Waals surface area contributed by atoms with E-state index in [9.17, 15) is 4.79 Å². The summed E-state index contributed by atoms with van der Waals surface area (Å²) in [4.78, 5) is 16.6. The van der Waals surface area contributed by atoms with Gasteiger partial charge in [-0.2, -0.15) is 0 Å². The van der Waals surface area contributed by atoms with Crippen molar-refractivity contribution in [2.75, 3.05) is 51.8 Å². The van der Waals surface area contributed by atoms with Crippen molar-refractivity contribution in [1.29, 1.82) is 0 Å². The molecule has 1 aromatic rings. The molecule has 1 heterocycles. The molecule has 1 amide bonds. The maximum Gasteiger partial charge on any atom is 0.228 e. The fraction of sp³-hybridized carbons (Fsp3) is 0.562. The van der Waals surface area contributed by atoms with Gasteiger partial charge in [-0.15, -0.1) is 0 Å². The van der Waals surface area contributed by atoms with Gasteiger partial charge in [-0.25, -0.2) is 0 Å². The smallest absolute Gasteiger partial charge is 0.228 e. The second-order valence-corrected chi connectivity index (χ2v) is 5.61. The molecule has 1 aliphatic heterocycles. The van der Waals surface area contributed by atoms with Crippen LogP contribution in [0.3, 0.4) is 0 Å². The predicted molar refractivity (Wildman–Crippen MR) is 84.6 cm³/mol. The number of amides is 1. The average molecular weight is 291 g/mol. The molecule has 1 aliphatic rings. The van der Waals surface area contributed by atoms with Crippen LogP contribution in [0.4, 0.5) is 5.69 Å². The van der Waals surface area contributed by atoms with Crippen molar-refractivity contribution in [3.05, 3.63) is 30.3 Å².